The van der Waals surface area contributed by atoms with E-state index in [-0.39, 0.29) is 0 Å². The maximum absolute atomic E-state index is 4.61. The third kappa shape index (κ3) is 2.01. The molecule has 0 aromatic carbocycles. The average molecular weight is 221 g/mol. The molecule has 0 bridgehead atoms. The molecule has 0 saturated carbocycles. The van der Waals surface area contributed by atoms with Crippen molar-refractivity contribution in [2.24, 2.45) is 0 Å². The molecule has 0 atom stereocenters. The number of nitrogens with one attached hydrogen (secondary N) is 1. The average Bonchev–Trinajstić information content (AvgIpc) is 2.59. The Hall–Kier alpha value is -1.00. The lowest BCUT2D eigenvalue weighted by atomic mass is 10.4. The van der Waals surface area contributed by atoms with Crippen molar-refractivity contribution in [1.82, 2.24) is 14.7 Å². The minimum atomic E-state index is 0.855. The summed E-state index contributed by atoms with van der Waals surface area (Å²) < 4.78 is 2.15. The van der Waals surface area contributed by atoms with Crippen LogP contribution in [-0.4, -0.2) is 22.2 Å². The summed E-state index contributed by atoms with van der Waals surface area (Å²) in [5.41, 5.74) is 2.28. The molecule has 2 heterocycles. The molecule has 3 nitrogen and oxygen atoms in total. The van der Waals surface area contributed by atoms with Gasteiger partial charge in [0.2, 0.25) is 0 Å². The van der Waals surface area contributed by atoms with Crippen LogP contribution in [0, 0.1) is 0 Å². The van der Waals surface area contributed by atoms with E-state index < -0.39 is 0 Å². The number of thioether (sulfide) groups is 1. The Kier molecular flexibility index (Phi) is 3.28. The SMILES string of the molecule is CCSc1nc2ccccn2c1CNC. The van der Waals surface area contributed by atoms with E-state index in [9.17, 15) is 0 Å². The topological polar surface area (TPSA) is 29.3 Å². The van der Waals surface area contributed by atoms with Crippen LogP contribution in [0.3, 0.4) is 0 Å². The first-order valence-corrected chi connectivity index (χ1v) is 6.08. The van der Waals surface area contributed by atoms with E-state index in [4.69, 9.17) is 0 Å². The predicted molar refractivity (Wildman–Crippen MR) is 64.4 cm³/mol. The van der Waals surface area contributed by atoms with Gasteiger partial charge in [0.05, 0.1) is 5.69 Å². The van der Waals surface area contributed by atoms with Crippen molar-refractivity contribution in [3.05, 3.63) is 30.1 Å². The normalized spacial score (nSPS) is 11.1. The lowest BCUT2D eigenvalue weighted by Crippen LogP contribution is -2.08. The van der Waals surface area contributed by atoms with Gasteiger partial charge >= 0.3 is 0 Å². The van der Waals surface area contributed by atoms with Crippen molar-refractivity contribution in [3.8, 4) is 0 Å². The molecule has 2 rings (SSSR count). The summed E-state index contributed by atoms with van der Waals surface area (Å²) in [5.74, 6) is 1.06. The molecule has 0 radical (unpaired) electrons. The lowest BCUT2D eigenvalue weighted by molar-refractivity contribution is 0.764. The van der Waals surface area contributed by atoms with Gasteiger partial charge in [0.1, 0.15) is 10.7 Å². The quantitative estimate of drug-likeness (QED) is 0.802. The first-order valence-electron chi connectivity index (χ1n) is 5.10. The first-order chi connectivity index (χ1) is 7.36. The molecule has 2 aromatic heterocycles. The van der Waals surface area contributed by atoms with Crippen molar-refractivity contribution < 1.29 is 0 Å². The van der Waals surface area contributed by atoms with E-state index in [2.05, 4.69) is 27.8 Å². The molecule has 2 aromatic rings. The molecule has 0 aliphatic heterocycles. The number of hydrogen-bond donors (Lipinski definition) is 1. The fourth-order valence-electron chi connectivity index (χ4n) is 1.61. The summed E-state index contributed by atoms with van der Waals surface area (Å²) in [7, 11) is 1.96. The van der Waals surface area contributed by atoms with Gasteiger partial charge < -0.3 is 9.72 Å². The van der Waals surface area contributed by atoms with Gasteiger partial charge in [0, 0.05) is 12.7 Å². The number of nitrogens with zero attached hydrogens (tertiary/aromatic N) is 2. The molecule has 80 valence electrons. The van der Waals surface area contributed by atoms with Gasteiger partial charge in [-0.05, 0) is 24.9 Å². The zero-order chi connectivity index (χ0) is 10.7. The van der Waals surface area contributed by atoms with Crippen LogP contribution in [0.4, 0.5) is 0 Å². The van der Waals surface area contributed by atoms with Crippen molar-refractivity contribution in [3.63, 3.8) is 0 Å². The van der Waals surface area contributed by atoms with Gasteiger partial charge in [0.25, 0.3) is 0 Å². The van der Waals surface area contributed by atoms with Crippen LogP contribution in [0.1, 0.15) is 12.6 Å². The summed E-state index contributed by atoms with van der Waals surface area (Å²) in [5, 5.41) is 4.32. The maximum Gasteiger partial charge on any atom is 0.138 e. The number of imidazole rings is 1. The van der Waals surface area contributed by atoms with Crippen LogP contribution in [-0.2, 0) is 6.54 Å². The van der Waals surface area contributed by atoms with Crippen molar-refractivity contribution in [2.45, 2.75) is 18.5 Å². The molecule has 0 unspecified atom stereocenters. The smallest absolute Gasteiger partial charge is 0.138 e. The molecule has 0 amide bonds. The fourth-order valence-corrected chi connectivity index (χ4v) is 2.37. The highest BCUT2D eigenvalue weighted by molar-refractivity contribution is 7.99. The van der Waals surface area contributed by atoms with Crippen molar-refractivity contribution in [1.29, 1.82) is 0 Å². The zero-order valence-corrected chi connectivity index (χ0v) is 9.84. The Morgan fingerprint density at radius 1 is 1.47 bits per heavy atom. The molecule has 0 spiro atoms. The molecule has 0 aliphatic carbocycles. The number of pyridine rings is 1. The van der Waals surface area contributed by atoms with Gasteiger partial charge in [0.15, 0.2) is 0 Å². The van der Waals surface area contributed by atoms with E-state index in [0.29, 0.717) is 0 Å². The molecule has 15 heavy (non-hydrogen) atoms. The lowest BCUT2D eigenvalue weighted by Gasteiger charge is -2.02. The van der Waals surface area contributed by atoms with Gasteiger partial charge in [-0.3, -0.25) is 0 Å². The predicted octanol–water partition coefficient (Wildman–Crippen LogP) is 2.17. The molecule has 0 fully saturated rings. The Labute approximate surface area is 93.9 Å². The standard InChI is InChI=1S/C11H15N3S/c1-3-15-11-9(8-12-2)14-7-5-4-6-10(14)13-11/h4-7,12H,3,8H2,1-2H3. The van der Waals surface area contributed by atoms with Crippen LogP contribution in [0.2, 0.25) is 0 Å². The van der Waals surface area contributed by atoms with Crippen LogP contribution in [0.5, 0.6) is 0 Å². The summed E-state index contributed by atoms with van der Waals surface area (Å²) in [6, 6.07) is 6.10. The number of hydrogen-bond acceptors (Lipinski definition) is 3. The van der Waals surface area contributed by atoms with E-state index in [0.717, 1.165) is 23.0 Å². The van der Waals surface area contributed by atoms with Gasteiger partial charge in [-0.2, -0.15) is 0 Å². The highest BCUT2D eigenvalue weighted by atomic mass is 32.2. The summed E-state index contributed by atoms with van der Waals surface area (Å²) in [4.78, 5) is 4.61. The van der Waals surface area contributed by atoms with E-state index in [1.165, 1.54) is 5.69 Å². The molecule has 1 N–H and O–H groups in total. The molecule has 4 heteroatoms. The third-order valence-corrected chi connectivity index (χ3v) is 3.11. The Balaban J connectivity index is 2.53. The van der Waals surface area contributed by atoms with Crippen molar-refractivity contribution >= 4 is 17.4 Å². The molecule has 0 saturated heterocycles. The minimum Gasteiger partial charge on any atom is -0.314 e. The minimum absolute atomic E-state index is 0.855. The monoisotopic (exact) mass is 221 g/mol. The van der Waals surface area contributed by atoms with Gasteiger partial charge in [-0.25, -0.2) is 4.98 Å². The second kappa shape index (κ2) is 4.68. The first kappa shape index (κ1) is 10.5. The number of aromatic nitrogens is 2. The largest absolute Gasteiger partial charge is 0.314 e. The van der Waals surface area contributed by atoms with Crippen LogP contribution in [0.15, 0.2) is 29.4 Å². The Bertz CT molecular complexity index is 450. The van der Waals surface area contributed by atoms with Crippen LogP contribution < -0.4 is 5.32 Å². The highest BCUT2D eigenvalue weighted by Gasteiger charge is 2.10. The van der Waals surface area contributed by atoms with E-state index >= 15 is 0 Å². The molecule has 0 aliphatic rings. The fraction of sp³-hybridized carbons (Fsp3) is 0.364. The number of fused-ring (bicyclic) bond motifs is 1. The maximum atomic E-state index is 4.61. The second-order valence-electron chi connectivity index (χ2n) is 3.26. The van der Waals surface area contributed by atoms with Crippen molar-refractivity contribution in [2.75, 3.05) is 12.8 Å². The second-order valence-corrected chi connectivity index (χ2v) is 4.51. The van der Waals surface area contributed by atoms with Crippen LogP contribution in [0.25, 0.3) is 5.65 Å². The number of rotatable bonds is 4. The summed E-state index contributed by atoms with van der Waals surface area (Å²) >= 11 is 1.80. The third-order valence-electron chi connectivity index (χ3n) is 2.22. The van der Waals surface area contributed by atoms with Gasteiger partial charge in [-0.15, -0.1) is 11.8 Å². The van der Waals surface area contributed by atoms with E-state index in [1.54, 1.807) is 11.8 Å². The van der Waals surface area contributed by atoms with Crippen LogP contribution >= 0.6 is 11.8 Å². The van der Waals surface area contributed by atoms with E-state index in [1.807, 2.05) is 25.2 Å². The molecular formula is C11H15N3S. The molecular weight excluding hydrogens is 206 g/mol. The zero-order valence-electron chi connectivity index (χ0n) is 9.03. The summed E-state index contributed by atoms with van der Waals surface area (Å²) in [6.45, 7) is 3.01. The highest BCUT2D eigenvalue weighted by Crippen LogP contribution is 2.22. The summed E-state index contributed by atoms with van der Waals surface area (Å²) in [6.07, 6.45) is 2.06. The van der Waals surface area contributed by atoms with Gasteiger partial charge in [-0.1, -0.05) is 13.0 Å². The Morgan fingerprint density at radius 3 is 3.07 bits per heavy atom. The Morgan fingerprint density at radius 2 is 2.33 bits per heavy atom.